The molecule has 0 unspecified atom stereocenters. The second-order valence-corrected chi connectivity index (χ2v) is 6.45. The summed E-state index contributed by atoms with van der Waals surface area (Å²) in [6.45, 7) is 1.94. The zero-order valence-electron chi connectivity index (χ0n) is 14.4. The van der Waals surface area contributed by atoms with Gasteiger partial charge >= 0.3 is 6.03 Å². The van der Waals surface area contributed by atoms with Crippen LogP contribution in [-0.4, -0.2) is 28.1 Å². The first-order chi connectivity index (χ1) is 12.2. The largest absolute Gasteiger partial charge is 0.490 e. The van der Waals surface area contributed by atoms with Gasteiger partial charge in [0, 0.05) is 42.8 Å². The number of aromatic nitrogens is 2. The Kier molecular flexibility index (Phi) is 5.82. The molecule has 3 rings (SSSR count). The van der Waals surface area contributed by atoms with Crippen molar-refractivity contribution in [2.24, 2.45) is 0 Å². The number of nitrogens with zero attached hydrogens (tertiary/aromatic N) is 2. The first-order valence-electron chi connectivity index (χ1n) is 8.78. The Morgan fingerprint density at radius 2 is 2.16 bits per heavy atom. The Labute approximate surface area is 148 Å². The van der Waals surface area contributed by atoms with Gasteiger partial charge in [0.15, 0.2) is 0 Å². The van der Waals surface area contributed by atoms with Crippen molar-refractivity contribution in [3.63, 3.8) is 0 Å². The van der Waals surface area contributed by atoms with Crippen LogP contribution in [0.4, 0.5) is 10.5 Å². The third-order valence-electron chi connectivity index (χ3n) is 4.21. The highest BCUT2D eigenvalue weighted by molar-refractivity contribution is 5.89. The van der Waals surface area contributed by atoms with Crippen molar-refractivity contribution in [1.82, 2.24) is 15.3 Å². The van der Waals surface area contributed by atoms with Gasteiger partial charge in [0.05, 0.1) is 11.8 Å². The topological polar surface area (TPSA) is 76.1 Å². The second-order valence-electron chi connectivity index (χ2n) is 6.45. The lowest BCUT2D eigenvalue weighted by Gasteiger charge is -2.16. The van der Waals surface area contributed by atoms with E-state index in [4.69, 9.17) is 4.74 Å². The Balaban J connectivity index is 1.50. The van der Waals surface area contributed by atoms with Crippen LogP contribution in [0.5, 0.6) is 5.75 Å². The number of benzene rings is 1. The van der Waals surface area contributed by atoms with Gasteiger partial charge in [-0.25, -0.2) is 4.79 Å². The number of amides is 2. The summed E-state index contributed by atoms with van der Waals surface area (Å²) in [6, 6.07) is 7.25. The van der Waals surface area contributed by atoms with Crippen molar-refractivity contribution in [3.8, 4) is 5.75 Å². The average molecular weight is 340 g/mol. The van der Waals surface area contributed by atoms with Crippen LogP contribution < -0.4 is 15.4 Å². The van der Waals surface area contributed by atoms with E-state index in [0.717, 1.165) is 30.0 Å². The summed E-state index contributed by atoms with van der Waals surface area (Å²) >= 11 is 0. The van der Waals surface area contributed by atoms with Gasteiger partial charge in [-0.05, 0) is 44.7 Å². The van der Waals surface area contributed by atoms with Gasteiger partial charge in [0.25, 0.3) is 0 Å². The molecule has 6 heteroatoms. The Morgan fingerprint density at radius 3 is 2.92 bits per heavy atom. The number of carbonyl (C=O) groups is 1. The van der Waals surface area contributed by atoms with Crippen LogP contribution in [-0.2, 0) is 6.42 Å². The minimum absolute atomic E-state index is 0.0466. The SMILES string of the molecule is C[C@@H](Cc1cnccn1)NC(=O)Nc1cccc(OC2CCCC2)c1. The van der Waals surface area contributed by atoms with Crippen LogP contribution in [0.2, 0.25) is 0 Å². The van der Waals surface area contributed by atoms with Crippen LogP contribution in [0.1, 0.15) is 38.3 Å². The monoisotopic (exact) mass is 340 g/mol. The lowest BCUT2D eigenvalue weighted by Crippen LogP contribution is -2.37. The fraction of sp³-hybridized carbons (Fsp3) is 0.421. The molecular weight excluding hydrogens is 316 g/mol. The number of urea groups is 1. The molecule has 0 bridgehead atoms. The quantitative estimate of drug-likeness (QED) is 0.843. The maximum atomic E-state index is 12.2. The smallest absolute Gasteiger partial charge is 0.319 e. The van der Waals surface area contributed by atoms with Gasteiger partial charge in [-0.3, -0.25) is 9.97 Å². The fourth-order valence-corrected chi connectivity index (χ4v) is 3.04. The minimum atomic E-state index is -0.241. The molecule has 132 valence electrons. The zero-order chi connectivity index (χ0) is 17.5. The molecule has 1 heterocycles. The number of anilines is 1. The molecule has 0 spiro atoms. The Hall–Kier alpha value is -2.63. The predicted octanol–water partition coefficient (Wildman–Crippen LogP) is 3.55. The van der Waals surface area contributed by atoms with Gasteiger partial charge in [-0.1, -0.05) is 6.07 Å². The van der Waals surface area contributed by atoms with Crippen molar-refractivity contribution >= 4 is 11.7 Å². The molecule has 2 amide bonds. The average Bonchev–Trinajstić information content (AvgIpc) is 3.08. The van der Waals surface area contributed by atoms with Gasteiger partial charge in [-0.15, -0.1) is 0 Å². The third-order valence-corrected chi connectivity index (χ3v) is 4.21. The Bertz CT molecular complexity index is 687. The van der Waals surface area contributed by atoms with Crippen molar-refractivity contribution in [2.45, 2.75) is 51.2 Å². The summed E-state index contributed by atoms with van der Waals surface area (Å²) in [5.74, 6) is 0.803. The first-order valence-corrected chi connectivity index (χ1v) is 8.78. The van der Waals surface area contributed by atoms with E-state index < -0.39 is 0 Å². The highest BCUT2D eigenvalue weighted by Crippen LogP contribution is 2.25. The lowest BCUT2D eigenvalue weighted by molar-refractivity contribution is 0.210. The number of ether oxygens (including phenoxy) is 1. The molecule has 25 heavy (non-hydrogen) atoms. The van der Waals surface area contributed by atoms with E-state index in [1.807, 2.05) is 31.2 Å². The van der Waals surface area contributed by atoms with Crippen LogP contribution in [0.3, 0.4) is 0 Å². The molecule has 0 saturated heterocycles. The van der Waals surface area contributed by atoms with Crippen molar-refractivity contribution in [3.05, 3.63) is 48.5 Å². The fourth-order valence-electron chi connectivity index (χ4n) is 3.04. The van der Waals surface area contributed by atoms with Gasteiger partial charge in [-0.2, -0.15) is 0 Å². The molecule has 1 aromatic carbocycles. The van der Waals surface area contributed by atoms with E-state index in [-0.39, 0.29) is 12.1 Å². The molecule has 2 aromatic rings. The minimum Gasteiger partial charge on any atom is -0.490 e. The molecule has 1 saturated carbocycles. The maximum Gasteiger partial charge on any atom is 0.319 e. The first kappa shape index (κ1) is 17.2. The Morgan fingerprint density at radius 1 is 1.32 bits per heavy atom. The van der Waals surface area contributed by atoms with Crippen LogP contribution in [0.15, 0.2) is 42.9 Å². The van der Waals surface area contributed by atoms with Gasteiger partial charge in [0.2, 0.25) is 0 Å². The predicted molar refractivity (Wildman–Crippen MR) is 96.7 cm³/mol. The molecule has 0 aliphatic heterocycles. The number of hydrogen-bond acceptors (Lipinski definition) is 4. The van der Waals surface area contributed by atoms with Crippen LogP contribution in [0, 0.1) is 0 Å². The molecule has 2 N–H and O–H groups in total. The summed E-state index contributed by atoms with van der Waals surface area (Å²) < 4.78 is 5.97. The van der Waals surface area contributed by atoms with E-state index in [0.29, 0.717) is 12.5 Å². The third kappa shape index (κ3) is 5.45. The molecule has 1 atom stereocenters. The molecule has 1 aliphatic carbocycles. The van der Waals surface area contributed by atoms with Crippen molar-refractivity contribution in [2.75, 3.05) is 5.32 Å². The molecule has 6 nitrogen and oxygen atoms in total. The summed E-state index contributed by atoms with van der Waals surface area (Å²) in [4.78, 5) is 20.4. The lowest BCUT2D eigenvalue weighted by atomic mass is 10.2. The standard InChI is InChI=1S/C19H24N4O2/c1-14(11-16-13-20-9-10-21-16)22-19(24)23-15-5-4-8-18(12-15)25-17-6-2-3-7-17/h4-5,8-10,12-14,17H,2-3,6-7,11H2,1H3,(H2,22,23,24)/t14-/m0/s1. The second kappa shape index (κ2) is 8.46. The summed E-state index contributed by atoms with van der Waals surface area (Å²) in [5, 5.41) is 5.77. The number of nitrogens with one attached hydrogen (secondary N) is 2. The normalized spacial score (nSPS) is 15.6. The number of hydrogen-bond donors (Lipinski definition) is 2. The van der Waals surface area contributed by atoms with E-state index >= 15 is 0 Å². The molecule has 0 radical (unpaired) electrons. The van der Waals surface area contributed by atoms with E-state index in [2.05, 4.69) is 20.6 Å². The van der Waals surface area contributed by atoms with Crippen molar-refractivity contribution in [1.29, 1.82) is 0 Å². The van der Waals surface area contributed by atoms with E-state index in [1.165, 1.54) is 12.8 Å². The van der Waals surface area contributed by atoms with E-state index in [9.17, 15) is 4.79 Å². The summed E-state index contributed by atoms with van der Waals surface area (Å²) in [6.07, 6.45) is 10.6. The highest BCUT2D eigenvalue weighted by Gasteiger charge is 2.16. The van der Waals surface area contributed by atoms with Gasteiger partial charge < -0.3 is 15.4 Å². The van der Waals surface area contributed by atoms with Crippen LogP contribution >= 0.6 is 0 Å². The molecular formula is C19H24N4O2. The van der Waals surface area contributed by atoms with Crippen LogP contribution in [0.25, 0.3) is 0 Å². The number of rotatable bonds is 6. The van der Waals surface area contributed by atoms with E-state index in [1.54, 1.807) is 18.6 Å². The molecule has 1 aromatic heterocycles. The van der Waals surface area contributed by atoms with Crippen molar-refractivity contribution < 1.29 is 9.53 Å². The molecule has 1 aliphatic rings. The summed E-state index contributed by atoms with van der Waals surface area (Å²) in [7, 11) is 0. The molecule has 1 fully saturated rings. The number of carbonyl (C=O) groups excluding carboxylic acids is 1. The summed E-state index contributed by atoms with van der Waals surface area (Å²) in [5.41, 5.74) is 1.57. The van der Waals surface area contributed by atoms with Gasteiger partial charge in [0.1, 0.15) is 5.75 Å². The maximum absolute atomic E-state index is 12.2. The highest BCUT2D eigenvalue weighted by atomic mass is 16.5. The zero-order valence-corrected chi connectivity index (χ0v) is 14.4.